The number of alkyl halides is 3. The van der Waals surface area contributed by atoms with Crippen molar-refractivity contribution in [1.82, 2.24) is 9.47 Å². The highest BCUT2D eigenvalue weighted by Gasteiger charge is 2.48. The van der Waals surface area contributed by atoms with Crippen LogP contribution >= 0.6 is 23.4 Å². The minimum absolute atomic E-state index is 0.126. The van der Waals surface area contributed by atoms with Crippen LogP contribution in [0.3, 0.4) is 0 Å². The lowest BCUT2D eigenvalue weighted by Gasteiger charge is -2.37. The van der Waals surface area contributed by atoms with Crippen LogP contribution in [0.15, 0.2) is 131 Å². The number of piperidine rings is 1. The summed E-state index contributed by atoms with van der Waals surface area (Å²) in [7, 11) is -3.77. The van der Waals surface area contributed by atoms with E-state index in [2.05, 4.69) is 47.6 Å². The Morgan fingerprint density at radius 3 is 2.10 bits per heavy atom. The lowest BCUT2D eigenvalue weighted by Crippen LogP contribution is -2.46. The van der Waals surface area contributed by atoms with Gasteiger partial charge in [0.15, 0.2) is 6.29 Å². The number of halogens is 4. The maximum atomic E-state index is 14.2. The molecule has 0 bridgehead atoms. The van der Waals surface area contributed by atoms with Crippen LogP contribution in [0.4, 0.5) is 41.6 Å². The SMILES string of the molecule is Cc1c(C=O)c(-c2cccc(N3CCN(c4ccc(NNc5ccc(N[C@H](CCN6CCC(O)CC6)CSc6ccccc6)c(S(=O)(=O)C(F)(F)F)c5)cc4)CC3)c2)c(-c2ccc(Cl)cc2)n1C. The number of hydrogen-bond donors (Lipinski definition) is 4. The van der Waals surface area contributed by atoms with Crippen LogP contribution < -0.4 is 26.0 Å². The third-order valence-electron chi connectivity index (χ3n) is 12.8. The molecule has 68 heavy (non-hydrogen) atoms. The number of sulfone groups is 1. The maximum absolute atomic E-state index is 14.2. The van der Waals surface area contributed by atoms with E-state index in [-0.39, 0.29) is 23.5 Å². The molecule has 2 fully saturated rings. The molecule has 0 saturated carbocycles. The van der Waals surface area contributed by atoms with E-state index < -0.39 is 20.2 Å². The van der Waals surface area contributed by atoms with Crippen LogP contribution in [-0.2, 0) is 16.9 Å². The Balaban J connectivity index is 0.920. The van der Waals surface area contributed by atoms with E-state index in [4.69, 9.17) is 11.6 Å². The Labute approximate surface area is 405 Å². The van der Waals surface area contributed by atoms with Crippen LogP contribution in [0.2, 0.25) is 5.02 Å². The first-order valence-corrected chi connectivity index (χ1v) is 25.5. The first kappa shape index (κ1) is 48.8. The van der Waals surface area contributed by atoms with Crippen molar-refractivity contribution in [1.29, 1.82) is 0 Å². The van der Waals surface area contributed by atoms with E-state index in [1.54, 1.807) is 17.8 Å². The fraction of sp³-hybridized carbons (Fsp3) is 0.314. The second-order valence-corrected chi connectivity index (χ2v) is 20.7. The number of carbonyl (C=O) groups is 1. The summed E-state index contributed by atoms with van der Waals surface area (Å²) >= 11 is 7.75. The molecular formula is C51H55ClF3N7O4S2. The monoisotopic (exact) mass is 985 g/mol. The molecule has 358 valence electrons. The standard InChI is InChI=1S/C51H55ClF3N7O4S2/c1-35-46(33-63)49(50(59(35)2)36-11-13-38(52)14-12-36)37-7-6-8-43(31-37)62-29-27-61(28-30-62)42-18-15-39(16-19-42)57-58-40-17-20-47(48(32-40)68(65,66)51(53,54)55)56-41(34-67-45-9-4-3-5-10-45)21-24-60-25-22-44(64)23-26-60/h3-20,31-33,41,44,56-58,64H,21-30,34H2,1-2H3/t41-/m1/s1. The number of aromatic nitrogens is 1. The van der Waals surface area contributed by atoms with Crippen LogP contribution in [0, 0.1) is 6.92 Å². The Morgan fingerprint density at radius 2 is 1.44 bits per heavy atom. The molecule has 6 aromatic rings. The van der Waals surface area contributed by atoms with E-state index in [1.165, 1.54) is 6.07 Å². The third kappa shape index (κ3) is 11.3. The number of hydrazine groups is 1. The van der Waals surface area contributed by atoms with Gasteiger partial charge < -0.3 is 40.5 Å². The molecule has 17 heteroatoms. The number of rotatable bonds is 17. The summed E-state index contributed by atoms with van der Waals surface area (Å²) in [4.78, 5) is 19.4. The molecule has 2 aliphatic rings. The van der Waals surface area contributed by atoms with Gasteiger partial charge in [-0.25, -0.2) is 8.42 Å². The average Bonchev–Trinajstić information content (AvgIpc) is 3.61. The van der Waals surface area contributed by atoms with E-state index in [9.17, 15) is 31.5 Å². The fourth-order valence-electron chi connectivity index (χ4n) is 8.87. The van der Waals surface area contributed by atoms with Crippen molar-refractivity contribution in [3.05, 3.63) is 138 Å². The number of piperazine rings is 1. The van der Waals surface area contributed by atoms with Gasteiger partial charge in [-0.05, 0) is 116 Å². The van der Waals surface area contributed by atoms with Gasteiger partial charge in [0.05, 0.1) is 28.9 Å². The second-order valence-electron chi connectivity index (χ2n) is 17.2. The van der Waals surface area contributed by atoms with Gasteiger partial charge >= 0.3 is 5.51 Å². The predicted molar refractivity (Wildman–Crippen MR) is 270 cm³/mol. The van der Waals surface area contributed by atoms with Crippen LogP contribution in [0.1, 0.15) is 35.3 Å². The molecule has 2 saturated heterocycles. The molecule has 2 aliphatic heterocycles. The zero-order valence-corrected chi connectivity index (χ0v) is 40.2. The van der Waals surface area contributed by atoms with Crippen molar-refractivity contribution >= 4 is 67.9 Å². The number of aliphatic hydroxyl groups excluding tert-OH is 1. The molecular weight excluding hydrogens is 931 g/mol. The van der Waals surface area contributed by atoms with Gasteiger partial charge in [-0.3, -0.25) is 4.79 Å². The molecule has 0 spiro atoms. The average molecular weight is 987 g/mol. The molecule has 3 heterocycles. The summed E-state index contributed by atoms with van der Waals surface area (Å²) in [6.45, 7) is 7.04. The molecule has 0 radical (unpaired) electrons. The van der Waals surface area contributed by atoms with Crippen molar-refractivity contribution in [2.24, 2.45) is 7.05 Å². The van der Waals surface area contributed by atoms with E-state index in [0.29, 0.717) is 60.9 Å². The van der Waals surface area contributed by atoms with Gasteiger partial charge in [-0.15, -0.1) is 11.8 Å². The highest BCUT2D eigenvalue weighted by Crippen LogP contribution is 2.40. The number of benzene rings is 5. The first-order valence-electron chi connectivity index (χ1n) is 22.6. The van der Waals surface area contributed by atoms with Crippen molar-refractivity contribution in [3.63, 3.8) is 0 Å². The van der Waals surface area contributed by atoms with Crippen molar-refractivity contribution in [2.45, 2.75) is 53.6 Å². The van der Waals surface area contributed by atoms with Crippen LogP contribution in [0.25, 0.3) is 22.4 Å². The minimum atomic E-state index is -5.74. The normalized spacial score (nSPS) is 15.6. The largest absolute Gasteiger partial charge is 0.501 e. The van der Waals surface area contributed by atoms with E-state index in [1.807, 2.05) is 105 Å². The molecule has 8 rings (SSSR count). The molecule has 5 aromatic carbocycles. The number of aldehydes is 1. The molecule has 0 amide bonds. The molecule has 1 aromatic heterocycles. The lowest BCUT2D eigenvalue weighted by molar-refractivity contribution is -0.0435. The van der Waals surface area contributed by atoms with Gasteiger partial charge in [0.1, 0.15) is 4.90 Å². The maximum Gasteiger partial charge on any atom is 0.501 e. The van der Waals surface area contributed by atoms with Crippen LogP contribution in [-0.4, -0.2) is 98.5 Å². The quantitative estimate of drug-likeness (QED) is 0.0397. The molecule has 4 N–H and O–H groups in total. The Bertz CT molecular complexity index is 2780. The van der Waals surface area contributed by atoms with E-state index in [0.717, 1.165) is 82.9 Å². The number of aliphatic hydroxyl groups is 1. The Hall–Kier alpha value is -5.65. The smallest absolute Gasteiger partial charge is 0.393 e. The zero-order valence-electron chi connectivity index (χ0n) is 37.8. The molecule has 11 nitrogen and oxygen atoms in total. The summed E-state index contributed by atoms with van der Waals surface area (Å²) in [5.74, 6) is 0.485. The first-order chi connectivity index (χ1) is 32.7. The van der Waals surface area contributed by atoms with Crippen molar-refractivity contribution in [3.8, 4) is 22.4 Å². The second kappa shape index (κ2) is 21.3. The molecule has 0 unspecified atom stereocenters. The summed E-state index contributed by atoms with van der Waals surface area (Å²) in [6.07, 6.45) is 2.45. The molecule has 1 atom stereocenters. The Kier molecular flexibility index (Phi) is 15.3. The van der Waals surface area contributed by atoms with Gasteiger partial charge in [0.25, 0.3) is 9.84 Å². The number of nitrogens with zero attached hydrogens (tertiary/aromatic N) is 4. The summed E-state index contributed by atoms with van der Waals surface area (Å²) in [6, 6.07) is 36.8. The fourth-order valence-corrected chi connectivity index (χ4v) is 10.9. The van der Waals surface area contributed by atoms with Gasteiger partial charge in [0.2, 0.25) is 0 Å². The number of carbonyl (C=O) groups excluding carboxylic acids is 1. The molecule has 0 aliphatic carbocycles. The topological polar surface area (TPSA) is 122 Å². The number of anilines is 5. The van der Waals surface area contributed by atoms with Gasteiger partial charge in [-0.1, -0.05) is 54.1 Å². The van der Waals surface area contributed by atoms with Gasteiger partial charge in [-0.2, -0.15) is 13.2 Å². The third-order valence-corrected chi connectivity index (χ3v) is 15.8. The highest BCUT2D eigenvalue weighted by atomic mass is 35.5. The highest BCUT2D eigenvalue weighted by molar-refractivity contribution is 7.99. The van der Waals surface area contributed by atoms with Crippen molar-refractivity contribution in [2.75, 3.05) is 77.5 Å². The zero-order chi connectivity index (χ0) is 48.0. The summed E-state index contributed by atoms with van der Waals surface area (Å²) in [5, 5.41) is 13.8. The minimum Gasteiger partial charge on any atom is -0.393 e. The number of nitrogens with one attached hydrogen (secondary N) is 3. The van der Waals surface area contributed by atoms with Gasteiger partial charge in [0, 0.05) is 103 Å². The lowest BCUT2D eigenvalue weighted by atomic mass is 9.97. The summed E-state index contributed by atoms with van der Waals surface area (Å²) in [5.41, 5.74) is 8.36. The number of likely N-dealkylation sites (tertiary alicyclic amines) is 1. The Morgan fingerprint density at radius 1 is 0.794 bits per heavy atom. The van der Waals surface area contributed by atoms with E-state index >= 15 is 0 Å². The number of thioether (sulfide) groups is 1. The predicted octanol–water partition coefficient (Wildman–Crippen LogP) is 10.6. The van der Waals surface area contributed by atoms with Crippen LogP contribution in [0.5, 0.6) is 0 Å². The summed E-state index contributed by atoms with van der Waals surface area (Å²) < 4.78 is 70.8. The van der Waals surface area contributed by atoms with Crippen molar-refractivity contribution < 1.29 is 31.5 Å². The number of hydrogen-bond acceptors (Lipinski definition) is 11.